The summed E-state index contributed by atoms with van der Waals surface area (Å²) in [5.74, 6) is 1.34. The van der Waals surface area contributed by atoms with Gasteiger partial charge in [0.2, 0.25) is 0 Å². The Kier molecular flexibility index (Phi) is 7.19. The molecule has 0 aromatic heterocycles. The fraction of sp³-hybridized carbons (Fsp3) is 0.350. The van der Waals surface area contributed by atoms with Gasteiger partial charge < -0.3 is 14.8 Å². The fourth-order valence-corrected chi connectivity index (χ4v) is 3.12. The number of thioether (sulfide) groups is 1. The second-order valence-electron chi connectivity index (χ2n) is 5.47. The van der Waals surface area contributed by atoms with Crippen molar-refractivity contribution in [2.45, 2.75) is 31.7 Å². The van der Waals surface area contributed by atoms with Crippen LogP contribution in [0.25, 0.3) is 0 Å². The molecule has 0 aliphatic carbocycles. The number of ether oxygens (including phenoxy) is 2. The number of carbonyl (C=O) groups excluding carboxylic acids is 1. The highest BCUT2D eigenvalue weighted by Crippen LogP contribution is 2.31. The van der Waals surface area contributed by atoms with Gasteiger partial charge in [-0.1, -0.05) is 18.2 Å². The van der Waals surface area contributed by atoms with Gasteiger partial charge in [0.05, 0.1) is 24.8 Å². The van der Waals surface area contributed by atoms with Crippen LogP contribution in [0.4, 0.5) is 0 Å². The van der Waals surface area contributed by atoms with E-state index in [1.165, 1.54) is 0 Å². The largest absolute Gasteiger partial charge is 0.490 e. The minimum Gasteiger partial charge on any atom is -0.490 e. The zero-order valence-corrected chi connectivity index (χ0v) is 16.0. The maximum Gasteiger partial charge on any atom is 0.252 e. The average Bonchev–Trinajstić information content (AvgIpc) is 2.63. The summed E-state index contributed by atoms with van der Waals surface area (Å²) in [6.45, 7) is 6.98. The highest BCUT2D eigenvalue weighted by atomic mass is 32.2. The minimum atomic E-state index is -0.141. The summed E-state index contributed by atoms with van der Waals surface area (Å²) in [6.07, 6.45) is 1.97. The molecule has 5 heteroatoms. The zero-order chi connectivity index (χ0) is 18.2. The molecule has 2 aromatic rings. The molecule has 0 spiro atoms. The molecule has 2 rings (SSSR count). The van der Waals surface area contributed by atoms with Gasteiger partial charge in [0.1, 0.15) is 0 Å². The van der Waals surface area contributed by atoms with Crippen molar-refractivity contribution >= 4 is 17.7 Å². The summed E-state index contributed by atoms with van der Waals surface area (Å²) in [7, 11) is 0. The van der Waals surface area contributed by atoms with Gasteiger partial charge in [-0.25, -0.2) is 0 Å². The number of benzene rings is 2. The van der Waals surface area contributed by atoms with Crippen LogP contribution in [-0.2, 0) is 0 Å². The monoisotopic (exact) mass is 359 g/mol. The molecule has 134 valence electrons. The lowest BCUT2D eigenvalue weighted by molar-refractivity contribution is 0.0937. The molecule has 0 aliphatic rings. The van der Waals surface area contributed by atoms with Crippen molar-refractivity contribution in [2.75, 3.05) is 19.5 Å². The van der Waals surface area contributed by atoms with E-state index in [4.69, 9.17) is 9.47 Å². The molecule has 1 unspecified atom stereocenters. The Bertz CT molecular complexity index is 718. The van der Waals surface area contributed by atoms with Gasteiger partial charge >= 0.3 is 0 Å². The molecule has 2 aromatic carbocycles. The summed E-state index contributed by atoms with van der Waals surface area (Å²) in [6, 6.07) is 13.3. The number of carbonyl (C=O) groups is 1. The van der Waals surface area contributed by atoms with Crippen molar-refractivity contribution in [3.05, 3.63) is 53.6 Å². The van der Waals surface area contributed by atoms with E-state index >= 15 is 0 Å². The van der Waals surface area contributed by atoms with E-state index in [-0.39, 0.29) is 11.9 Å². The smallest absolute Gasteiger partial charge is 0.252 e. The predicted molar refractivity (Wildman–Crippen MR) is 103 cm³/mol. The maximum absolute atomic E-state index is 12.6. The fourth-order valence-electron chi connectivity index (χ4n) is 2.53. The zero-order valence-electron chi connectivity index (χ0n) is 15.2. The van der Waals surface area contributed by atoms with Crippen LogP contribution in [-0.4, -0.2) is 25.4 Å². The van der Waals surface area contributed by atoms with Crippen molar-refractivity contribution in [3.63, 3.8) is 0 Å². The van der Waals surface area contributed by atoms with E-state index in [1.807, 2.05) is 69.5 Å². The molecular weight excluding hydrogens is 334 g/mol. The van der Waals surface area contributed by atoms with Crippen molar-refractivity contribution in [1.82, 2.24) is 5.32 Å². The highest BCUT2D eigenvalue weighted by Gasteiger charge is 2.16. The van der Waals surface area contributed by atoms with Crippen LogP contribution in [0.3, 0.4) is 0 Å². The van der Waals surface area contributed by atoms with Gasteiger partial charge in [0.25, 0.3) is 5.91 Å². The van der Waals surface area contributed by atoms with Gasteiger partial charge in [-0.15, -0.1) is 11.8 Å². The van der Waals surface area contributed by atoms with E-state index in [0.29, 0.717) is 24.5 Å². The lowest BCUT2D eigenvalue weighted by Crippen LogP contribution is -2.27. The summed E-state index contributed by atoms with van der Waals surface area (Å²) in [4.78, 5) is 13.6. The summed E-state index contributed by atoms with van der Waals surface area (Å²) < 4.78 is 11.3. The molecule has 0 heterocycles. The molecule has 0 radical (unpaired) electrons. The standard InChI is InChI=1S/C20H25NO3S/c1-5-23-17-12-11-15(13-18(17)24-6-2)14(3)21-20(22)16-9-7-8-10-19(16)25-4/h7-14H,5-6H2,1-4H3,(H,21,22). The topological polar surface area (TPSA) is 47.6 Å². The second kappa shape index (κ2) is 9.37. The van der Waals surface area contributed by atoms with Crippen molar-refractivity contribution in [3.8, 4) is 11.5 Å². The molecule has 0 aliphatic heterocycles. The number of nitrogens with one attached hydrogen (secondary N) is 1. The van der Waals surface area contributed by atoms with E-state index in [2.05, 4.69) is 5.32 Å². The summed E-state index contributed by atoms with van der Waals surface area (Å²) >= 11 is 1.57. The lowest BCUT2D eigenvalue weighted by Gasteiger charge is -2.18. The number of rotatable bonds is 8. The van der Waals surface area contributed by atoms with Crippen LogP contribution in [0.1, 0.15) is 42.7 Å². The Balaban J connectivity index is 2.18. The Morgan fingerprint density at radius 2 is 1.76 bits per heavy atom. The third-order valence-corrected chi connectivity index (χ3v) is 4.56. The first-order valence-electron chi connectivity index (χ1n) is 8.44. The SMILES string of the molecule is CCOc1ccc(C(C)NC(=O)c2ccccc2SC)cc1OCC. The average molecular weight is 359 g/mol. The summed E-state index contributed by atoms with van der Waals surface area (Å²) in [5.41, 5.74) is 1.67. The van der Waals surface area contributed by atoms with Crippen molar-refractivity contribution in [1.29, 1.82) is 0 Å². The molecule has 0 saturated carbocycles. The molecule has 0 saturated heterocycles. The van der Waals surface area contributed by atoms with Crippen LogP contribution in [0, 0.1) is 0 Å². The van der Waals surface area contributed by atoms with Gasteiger partial charge in [-0.05, 0) is 56.9 Å². The minimum absolute atomic E-state index is 0.0794. The molecule has 0 bridgehead atoms. The van der Waals surface area contributed by atoms with Gasteiger partial charge in [0, 0.05) is 4.90 Å². The maximum atomic E-state index is 12.6. The lowest BCUT2D eigenvalue weighted by atomic mass is 10.1. The third-order valence-electron chi connectivity index (χ3n) is 3.77. The van der Waals surface area contributed by atoms with Crippen LogP contribution in [0.5, 0.6) is 11.5 Å². The van der Waals surface area contributed by atoms with Gasteiger partial charge in [0.15, 0.2) is 11.5 Å². The highest BCUT2D eigenvalue weighted by molar-refractivity contribution is 7.98. The first-order chi connectivity index (χ1) is 12.1. The Labute approximate surface area is 153 Å². The normalized spacial score (nSPS) is 11.7. The van der Waals surface area contributed by atoms with E-state index in [9.17, 15) is 4.79 Å². The van der Waals surface area contributed by atoms with Crippen LogP contribution in [0.2, 0.25) is 0 Å². The predicted octanol–water partition coefficient (Wildman–Crippen LogP) is 4.70. The van der Waals surface area contributed by atoms with Crippen LogP contribution >= 0.6 is 11.8 Å². The Morgan fingerprint density at radius 3 is 2.44 bits per heavy atom. The second-order valence-corrected chi connectivity index (χ2v) is 6.32. The number of amides is 1. The Morgan fingerprint density at radius 1 is 1.08 bits per heavy atom. The van der Waals surface area contributed by atoms with Crippen LogP contribution in [0.15, 0.2) is 47.4 Å². The Hall–Kier alpha value is -2.14. The quantitative estimate of drug-likeness (QED) is 0.694. The molecule has 1 amide bonds. The molecule has 1 atom stereocenters. The number of hydrogen-bond donors (Lipinski definition) is 1. The molecule has 4 nitrogen and oxygen atoms in total. The molecule has 25 heavy (non-hydrogen) atoms. The number of hydrogen-bond acceptors (Lipinski definition) is 4. The van der Waals surface area contributed by atoms with E-state index in [1.54, 1.807) is 11.8 Å². The first kappa shape index (κ1) is 19.2. The molecule has 0 fully saturated rings. The van der Waals surface area contributed by atoms with Crippen molar-refractivity contribution < 1.29 is 14.3 Å². The van der Waals surface area contributed by atoms with Crippen molar-refractivity contribution in [2.24, 2.45) is 0 Å². The van der Waals surface area contributed by atoms with E-state index in [0.717, 1.165) is 16.2 Å². The third kappa shape index (κ3) is 4.92. The van der Waals surface area contributed by atoms with Gasteiger partial charge in [-0.2, -0.15) is 0 Å². The van der Waals surface area contributed by atoms with Crippen LogP contribution < -0.4 is 14.8 Å². The molecular formula is C20H25NO3S. The van der Waals surface area contributed by atoms with Gasteiger partial charge in [-0.3, -0.25) is 4.79 Å². The summed E-state index contributed by atoms with van der Waals surface area (Å²) in [5, 5.41) is 3.06. The molecule has 1 N–H and O–H groups in total. The van der Waals surface area contributed by atoms with E-state index < -0.39 is 0 Å². The first-order valence-corrected chi connectivity index (χ1v) is 9.66.